The van der Waals surface area contributed by atoms with E-state index >= 15 is 0 Å². The van der Waals surface area contributed by atoms with Crippen molar-refractivity contribution in [1.29, 1.82) is 0 Å². The van der Waals surface area contributed by atoms with Gasteiger partial charge in [-0.15, -0.1) is 13.2 Å². The van der Waals surface area contributed by atoms with Crippen LogP contribution in [0.1, 0.15) is 18.4 Å². The zero-order valence-electron chi connectivity index (χ0n) is 15.0. The Bertz CT molecular complexity index is 739. The van der Waals surface area contributed by atoms with Gasteiger partial charge in [0, 0.05) is 37.5 Å². The lowest BCUT2D eigenvalue weighted by Crippen LogP contribution is -2.44. The first kappa shape index (κ1) is 20.1. The summed E-state index contributed by atoms with van der Waals surface area (Å²) in [5.41, 5.74) is 0.839. The second-order valence-electron chi connectivity index (χ2n) is 6.25. The molecule has 140 valence electrons. The van der Waals surface area contributed by atoms with Crippen LogP contribution >= 0.6 is 0 Å². The first-order valence-electron chi connectivity index (χ1n) is 8.72. The van der Waals surface area contributed by atoms with Gasteiger partial charge in [0.15, 0.2) is 0 Å². The molecule has 0 spiro atoms. The lowest BCUT2D eigenvalue weighted by Gasteiger charge is -2.32. The first-order chi connectivity index (χ1) is 12.5. The fraction of sp³-hybridized carbons (Fsp3) is 0.350. The maximum Gasteiger partial charge on any atom is 0.236 e. The van der Waals surface area contributed by atoms with Crippen LogP contribution in [0.15, 0.2) is 61.0 Å². The average Bonchev–Trinajstić information content (AvgIpc) is 2.67. The van der Waals surface area contributed by atoms with Gasteiger partial charge in [0.1, 0.15) is 0 Å². The number of sulfonamides is 1. The van der Waals surface area contributed by atoms with Crippen molar-refractivity contribution in [3.05, 3.63) is 66.6 Å². The Balaban J connectivity index is 1.96. The second-order valence-corrected chi connectivity index (χ2v) is 8.07. The summed E-state index contributed by atoms with van der Waals surface area (Å²) in [4.78, 5) is 14.3. The predicted molar refractivity (Wildman–Crippen MR) is 106 cm³/mol. The third kappa shape index (κ3) is 5.41. The van der Waals surface area contributed by atoms with E-state index in [0.29, 0.717) is 39.0 Å². The van der Waals surface area contributed by atoms with Crippen LogP contribution in [-0.2, 0) is 14.8 Å². The van der Waals surface area contributed by atoms with Gasteiger partial charge in [-0.1, -0.05) is 42.5 Å². The smallest absolute Gasteiger partial charge is 0.236 e. The Morgan fingerprint density at radius 1 is 1.12 bits per heavy atom. The molecule has 1 amide bonds. The van der Waals surface area contributed by atoms with Crippen molar-refractivity contribution in [2.75, 3.05) is 26.2 Å². The predicted octanol–water partition coefficient (Wildman–Crippen LogP) is 2.90. The molecule has 1 aliphatic heterocycles. The van der Waals surface area contributed by atoms with E-state index in [9.17, 15) is 13.2 Å². The van der Waals surface area contributed by atoms with Gasteiger partial charge in [-0.25, -0.2) is 8.42 Å². The fourth-order valence-electron chi connectivity index (χ4n) is 3.00. The van der Waals surface area contributed by atoms with Crippen LogP contribution in [0.4, 0.5) is 0 Å². The molecule has 1 saturated heterocycles. The number of hydrogen-bond acceptors (Lipinski definition) is 3. The molecule has 26 heavy (non-hydrogen) atoms. The monoisotopic (exact) mass is 374 g/mol. The molecule has 0 radical (unpaired) electrons. The Morgan fingerprint density at radius 2 is 1.69 bits per heavy atom. The SMILES string of the molecule is C=CCN(CC=C)C(=O)C1CCN(S(=O)(=O)/C=C/c2ccccc2)CC1. The molecular formula is C20H26N2O3S. The highest BCUT2D eigenvalue weighted by Crippen LogP contribution is 2.22. The minimum atomic E-state index is -3.48. The maximum absolute atomic E-state index is 12.6. The van der Waals surface area contributed by atoms with Gasteiger partial charge in [0.05, 0.1) is 0 Å². The summed E-state index contributed by atoms with van der Waals surface area (Å²) in [6.45, 7) is 9.01. The van der Waals surface area contributed by atoms with E-state index in [-0.39, 0.29) is 11.8 Å². The van der Waals surface area contributed by atoms with Gasteiger partial charge in [0.25, 0.3) is 0 Å². The zero-order valence-corrected chi connectivity index (χ0v) is 15.8. The summed E-state index contributed by atoms with van der Waals surface area (Å²) in [7, 11) is -3.48. The molecule has 1 heterocycles. The quantitative estimate of drug-likeness (QED) is 0.658. The Kier molecular flexibility index (Phi) is 7.36. The highest BCUT2D eigenvalue weighted by molar-refractivity contribution is 7.92. The van der Waals surface area contributed by atoms with Gasteiger partial charge in [0.2, 0.25) is 15.9 Å². The van der Waals surface area contributed by atoms with Crippen LogP contribution in [0.25, 0.3) is 6.08 Å². The molecule has 1 aromatic rings. The molecule has 2 rings (SSSR count). The fourth-order valence-corrected chi connectivity index (χ4v) is 4.22. The van der Waals surface area contributed by atoms with Crippen molar-refractivity contribution < 1.29 is 13.2 Å². The number of piperidine rings is 1. The van der Waals surface area contributed by atoms with Gasteiger partial charge < -0.3 is 4.90 Å². The molecule has 1 aliphatic rings. The van der Waals surface area contributed by atoms with Crippen molar-refractivity contribution in [2.45, 2.75) is 12.8 Å². The number of amides is 1. The minimum Gasteiger partial charge on any atom is -0.335 e. The molecule has 0 bridgehead atoms. The van der Waals surface area contributed by atoms with E-state index in [1.54, 1.807) is 23.1 Å². The summed E-state index contributed by atoms with van der Waals surface area (Å²) in [5.74, 6) is -0.110. The third-order valence-corrected chi connectivity index (χ3v) is 5.97. The number of benzene rings is 1. The number of carbonyl (C=O) groups excluding carboxylic acids is 1. The maximum atomic E-state index is 12.6. The van der Waals surface area contributed by atoms with E-state index in [4.69, 9.17) is 0 Å². The molecule has 0 aromatic heterocycles. The lowest BCUT2D eigenvalue weighted by atomic mass is 9.96. The van der Waals surface area contributed by atoms with Gasteiger partial charge in [-0.3, -0.25) is 4.79 Å². The van der Waals surface area contributed by atoms with Crippen molar-refractivity contribution in [3.8, 4) is 0 Å². The normalized spacial score (nSPS) is 16.5. The van der Waals surface area contributed by atoms with Gasteiger partial charge in [-0.05, 0) is 24.5 Å². The van der Waals surface area contributed by atoms with Crippen molar-refractivity contribution in [3.63, 3.8) is 0 Å². The van der Waals surface area contributed by atoms with E-state index in [1.807, 2.05) is 30.3 Å². The van der Waals surface area contributed by atoms with Crippen molar-refractivity contribution in [1.82, 2.24) is 9.21 Å². The lowest BCUT2D eigenvalue weighted by molar-refractivity contribution is -0.135. The van der Waals surface area contributed by atoms with Gasteiger partial charge in [-0.2, -0.15) is 4.31 Å². The van der Waals surface area contributed by atoms with Crippen molar-refractivity contribution >= 4 is 22.0 Å². The zero-order chi connectivity index (χ0) is 19.0. The Hall–Kier alpha value is -2.18. The molecule has 0 atom stereocenters. The molecule has 1 aromatic carbocycles. The van der Waals surface area contributed by atoms with Crippen LogP contribution in [0.5, 0.6) is 0 Å². The second kappa shape index (κ2) is 9.50. The van der Waals surface area contributed by atoms with Gasteiger partial charge >= 0.3 is 0 Å². The Morgan fingerprint density at radius 3 is 2.23 bits per heavy atom. The molecule has 0 aliphatic carbocycles. The van der Waals surface area contributed by atoms with Crippen LogP contribution in [0.3, 0.4) is 0 Å². The van der Waals surface area contributed by atoms with Crippen LogP contribution in [-0.4, -0.2) is 49.7 Å². The molecule has 6 heteroatoms. The number of nitrogens with zero attached hydrogens (tertiary/aromatic N) is 2. The van der Waals surface area contributed by atoms with E-state index < -0.39 is 10.0 Å². The molecule has 0 saturated carbocycles. The summed E-state index contributed by atoms with van der Waals surface area (Å²) < 4.78 is 26.4. The molecule has 5 nitrogen and oxygen atoms in total. The summed E-state index contributed by atoms with van der Waals surface area (Å²) in [6, 6.07) is 9.31. The highest BCUT2D eigenvalue weighted by atomic mass is 32.2. The molecule has 0 N–H and O–H groups in total. The van der Waals surface area contributed by atoms with Crippen LogP contribution in [0.2, 0.25) is 0 Å². The highest BCUT2D eigenvalue weighted by Gasteiger charge is 2.31. The molecular weight excluding hydrogens is 348 g/mol. The Labute approximate surface area is 156 Å². The number of carbonyl (C=O) groups is 1. The molecule has 1 fully saturated rings. The number of hydrogen-bond donors (Lipinski definition) is 0. The average molecular weight is 375 g/mol. The third-order valence-electron chi connectivity index (χ3n) is 4.41. The van der Waals surface area contributed by atoms with Crippen LogP contribution < -0.4 is 0 Å². The van der Waals surface area contributed by atoms with E-state index in [0.717, 1.165) is 5.56 Å². The van der Waals surface area contributed by atoms with E-state index in [2.05, 4.69) is 13.2 Å². The van der Waals surface area contributed by atoms with Crippen LogP contribution in [0, 0.1) is 5.92 Å². The topological polar surface area (TPSA) is 57.7 Å². The summed E-state index contributed by atoms with van der Waals surface area (Å²) >= 11 is 0. The molecule has 0 unspecified atom stereocenters. The van der Waals surface area contributed by atoms with E-state index in [1.165, 1.54) is 9.71 Å². The van der Waals surface area contributed by atoms with Crippen molar-refractivity contribution in [2.24, 2.45) is 5.92 Å². The summed E-state index contributed by atoms with van der Waals surface area (Å²) in [6.07, 6.45) is 6.04. The largest absolute Gasteiger partial charge is 0.335 e. The standard InChI is InChI=1S/C20H26N2O3S/c1-3-13-21(14-4-2)20(23)19-10-15-22(16-11-19)26(24,25)17-12-18-8-6-5-7-9-18/h3-9,12,17,19H,1-2,10-11,13-16H2/b17-12+. The minimum absolute atomic E-state index is 0.0432. The first-order valence-corrected chi connectivity index (χ1v) is 10.2. The summed E-state index contributed by atoms with van der Waals surface area (Å²) in [5, 5.41) is 1.24. The number of rotatable bonds is 8.